The first-order valence-electron chi connectivity index (χ1n) is 10.5. The second-order valence-electron chi connectivity index (χ2n) is 9.96. The summed E-state index contributed by atoms with van der Waals surface area (Å²) in [7, 11) is 0. The monoisotopic (exact) mass is 324 g/mol. The van der Waals surface area contributed by atoms with Crippen molar-refractivity contribution in [2.75, 3.05) is 0 Å². The summed E-state index contributed by atoms with van der Waals surface area (Å²) in [5, 5.41) is 10.5. The van der Waals surface area contributed by atoms with Crippen LogP contribution in [0.4, 0.5) is 0 Å². The average molecular weight is 325 g/mol. The standard InChI is InChI=1S/C23H32O/c1-22-10-9-18-14-17(4-5-19(18)20(22)6-7-21(22)24)15-23(12-13-23)11-8-16-2-3-16/h4,16,18-21,24H,2-3,5-11,14-15H2,1H3. The van der Waals surface area contributed by atoms with Gasteiger partial charge in [-0.3, -0.25) is 0 Å². The summed E-state index contributed by atoms with van der Waals surface area (Å²) in [5.41, 5.74) is 2.16. The van der Waals surface area contributed by atoms with Crippen LogP contribution in [0, 0.1) is 46.3 Å². The minimum absolute atomic E-state index is 0.0422. The van der Waals surface area contributed by atoms with Crippen molar-refractivity contribution in [3.8, 4) is 11.8 Å². The van der Waals surface area contributed by atoms with Crippen molar-refractivity contribution in [1.82, 2.24) is 0 Å². The molecule has 0 saturated heterocycles. The van der Waals surface area contributed by atoms with E-state index in [1.165, 1.54) is 64.2 Å². The summed E-state index contributed by atoms with van der Waals surface area (Å²) >= 11 is 0. The van der Waals surface area contributed by atoms with Crippen LogP contribution < -0.4 is 0 Å². The highest BCUT2D eigenvalue weighted by molar-refractivity contribution is 5.43. The molecule has 0 amide bonds. The van der Waals surface area contributed by atoms with E-state index < -0.39 is 0 Å². The van der Waals surface area contributed by atoms with Crippen molar-refractivity contribution in [3.63, 3.8) is 0 Å². The summed E-state index contributed by atoms with van der Waals surface area (Å²) in [6, 6.07) is 0. The fourth-order valence-corrected chi connectivity index (χ4v) is 6.45. The van der Waals surface area contributed by atoms with Crippen molar-refractivity contribution in [2.24, 2.45) is 34.5 Å². The second kappa shape index (κ2) is 5.38. The van der Waals surface area contributed by atoms with E-state index in [1.807, 2.05) is 0 Å². The topological polar surface area (TPSA) is 20.2 Å². The van der Waals surface area contributed by atoms with Gasteiger partial charge in [0, 0.05) is 0 Å². The maximum atomic E-state index is 10.5. The Balaban J connectivity index is 1.24. The average Bonchev–Trinajstić information content (AvgIpc) is 3.48. The largest absolute Gasteiger partial charge is 0.393 e. The number of hydrogen-bond donors (Lipinski definition) is 1. The molecule has 5 atom stereocenters. The molecule has 24 heavy (non-hydrogen) atoms. The van der Waals surface area contributed by atoms with E-state index in [-0.39, 0.29) is 16.9 Å². The van der Waals surface area contributed by atoms with Crippen LogP contribution in [-0.4, -0.2) is 11.2 Å². The number of fused-ring (bicyclic) bond motifs is 3. The van der Waals surface area contributed by atoms with Gasteiger partial charge in [-0.2, -0.15) is 0 Å². The predicted octanol–water partition coefficient (Wildman–Crippen LogP) is 5.09. The molecule has 0 spiro atoms. The Morgan fingerprint density at radius 2 is 2.00 bits per heavy atom. The molecule has 5 aliphatic rings. The van der Waals surface area contributed by atoms with E-state index in [2.05, 4.69) is 24.8 Å². The minimum atomic E-state index is -0.0422. The Morgan fingerprint density at radius 3 is 2.75 bits per heavy atom. The van der Waals surface area contributed by atoms with Crippen molar-refractivity contribution in [1.29, 1.82) is 0 Å². The molecule has 1 nitrogen and oxygen atoms in total. The maximum Gasteiger partial charge on any atom is 0.0956 e. The molecule has 1 heteroatoms. The van der Waals surface area contributed by atoms with Gasteiger partial charge in [-0.15, -0.1) is 0 Å². The fourth-order valence-electron chi connectivity index (χ4n) is 6.45. The lowest BCUT2D eigenvalue weighted by atomic mass is 9.56. The van der Waals surface area contributed by atoms with Crippen LogP contribution in [0.15, 0.2) is 11.6 Å². The van der Waals surface area contributed by atoms with E-state index in [4.69, 9.17) is 0 Å². The number of aliphatic hydroxyl groups excluding tert-OH is 1. The molecule has 5 rings (SSSR count). The summed E-state index contributed by atoms with van der Waals surface area (Å²) in [5.74, 6) is 10.5. The van der Waals surface area contributed by atoms with Crippen LogP contribution in [0.1, 0.15) is 77.6 Å². The zero-order valence-electron chi connectivity index (χ0n) is 15.2. The van der Waals surface area contributed by atoms with Crippen LogP contribution >= 0.6 is 0 Å². The van der Waals surface area contributed by atoms with Gasteiger partial charge in [0.15, 0.2) is 0 Å². The Morgan fingerprint density at radius 1 is 1.17 bits per heavy atom. The molecular formula is C23H32O. The van der Waals surface area contributed by atoms with E-state index in [0.29, 0.717) is 0 Å². The Hall–Kier alpha value is -0.740. The lowest BCUT2D eigenvalue weighted by Gasteiger charge is -2.49. The summed E-state index contributed by atoms with van der Waals surface area (Å²) in [6.07, 6.45) is 16.9. The third-order valence-corrected chi connectivity index (χ3v) is 8.42. The van der Waals surface area contributed by atoms with Gasteiger partial charge in [0.1, 0.15) is 0 Å². The predicted molar refractivity (Wildman–Crippen MR) is 97.2 cm³/mol. The maximum absolute atomic E-state index is 10.5. The number of hydrogen-bond acceptors (Lipinski definition) is 1. The van der Waals surface area contributed by atoms with Crippen molar-refractivity contribution in [2.45, 2.75) is 83.7 Å². The van der Waals surface area contributed by atoms with Gasteiger partial charge in [0.25, 0.3) is 0 Å². The van der Waals surface area contributed by atoms with Gasteiger partial charge in [-0.25, -0.2) is 0 Å². The highest BCUT2D eigenvalue weighted by Crippen LogP contribution is 2.59. The van der Waals surface area contributed by atoms with Gasteiger partial charge in [0.2, 0.25) is 0 Å². The van der Waals surface area contributed by atoms with Crippen LogP contribution in [0.2, 0.25) is 0 Å². The second-order valence-corrected chi connectivity index (χ2v) is 9.96. The first kappa shape index (κ1) is 15.5. The molecule has 0 aromatic rings. The SMILES string of the molecule is CC12CCC3CC(CC4(CCC5CC5)C#C4)=CCC3C1CCC2O. The lowest BCUT2D eigenvalue weighted by molar-refractivity contribution is -0.0342. The number of allylic oxidation sites excluding steroid dienone is 2. The molecule has 5 unspecified atom stereocenters. The highest BCUT2D eigenvalue weighted by Gasteiger charge is 2.53. The fraction of sp³-hybridized carbons (Fsp3) is 0.826. The summed E-state index contributed by atoms with van der Waals surface area (Å²) in [6.45, 7) is 2.37. The van der Waals surface area contributed by atoms with E-state index in [1.54, 1.807) is 5.57 Å². The molecule has 0 aromatic heterocycles. The van der Waals surface area contributed by atoms with Crippen LogP contribution in [0.5, 0.6) is 0 Å². The number of aliphatic hydroxyl groups is 1. The normalized spacial score (nSPS) is 44.8. The Labute approximate surface area is 147 Å². The Kier molecular flexibility index (Phi) is 3.47. The van der Waals surface area contributed by atoms with E-state index in [9.17, 15) is 5.11 Å². The molecular weight excluding hydrogens is 292 g/mol. The highest BCUT2D eigenvalue weighted by atomic mass is 16.3. The van der Waals surface area contributed by atoms with Crippen LogP contribution in [-0.2, 0) is 0 Å². The first-order chi connectivity index (χ1) is 11.6. The zero-order chi connectivity index (χ0) is 16.4. The van der Waals surface area contributed by atoms with E-state index >= 15 is 0 Å². The molecule has 5 aliphatic carbocycles. The van der Waals surface area contributed by atoms with Crippen molar-refractivity contribution < 1.29 is 5.11 Å². The third kappa shape index (κ3) is 2.57. The van der Waals surface area contributed by atoms with Crippen LogP contribution in [0.25, 0.3) is 0 Å². The van der Waals surface area contributed by atoms with Gasteiger partial charge in [-0.1, -0.05) is 43.3 Å². The molecule has 0 radical (unpaired) electrons. The van der Waals surface area contributed by atoms with Gasteiger partial charge in [-0.05, 0) is 86.9 Å². The summed E-state index contributed by atoms with van der Waals surface area (Å²) in [4.78, 5) is 0. The quantitative estimate of drug-likeness (QED) is 0.551. The molecule has 0 aliphatic heterocycles. The van der Waals surface area contributed by atoms with E-state index in [0.717, 1.165) is 30.1 Å². The summed E-state index contributed by atoms with van der Waals surface area (Å²) < 4.78 is 0. The smallest absolute Gasteiger partial charge is 0.0956 e. The first-order valence-corrected chi connectivity index (χ1v) is 10.5. The number of rotatable bonds is 5. The zero-order valence-corrected chi connectivity index (χ0v) is 15.2. The molecule has 0 heterocycles. The van der Waals surface area contributed by atoms with Crippen LogP contribution in [0.3, 0.4) is 0 Å². The molecule has 0 bridgehead atoms. The van der Waals surface area contributed by atoms with Gasteiger partial charge in [0.05, 0.1) is 11.5 Å². The minimum Gasteiger partial charge on any atom is -0.393 e. The molecule has 1 N–H and O–H groups in total. The van der Waals surface area contributed by atoms with Crippen molar-refractivity contribution in [3.05, 3.63) is 11.6 Å². The Bertz CT molecular complexity index is 608. The van der Waals surface area contributed by atoms with Gasteiger partial charge >= 0.3 is 0 Å². The molecule has 0 aromatic carbocycles. The van der Waals surface area contributed by atoms with Gasteiger partial charge < -0.3 is 5.11 Å². The lowest BCUT2D eigenvalue weighted by Crippen LogP contribution is -2.44. The molecule has 130 valence electrons. The van der Waals surface area contributed by atoms with Crippen molar-refractivity contribution >= 4 is 0 Å². The molecule has 3 fully saturated rings. The third-order valence-electron chi connectivity index (χ3n) is 8.42. The molecule has 3 saturated carbocycles.